The summed E-state index contributed by atoms with van der Waals surface area (Å²) in [4.78, 5) is 35.8. The van der Waals surface area contributed by atoms with Crippen molar-refractivity contribution in [2.75, 3.05) is 16.8 Å². The molecule has 0 bridgehead atoms. The van der Waals surface area contributed by atoms with Gasteiger partial charge in [-0.15, -0.1) is 0 Å². The van der Waals surface area contributed by atoms with E-state index in [4.69, 9.17) is 0 Å². The molecule has 0 radical (unpaired) electrons. The van der Waals surface area contributed by atoms with Crippen LogP contribution in [0.5, 0.6) is 0 Å². The van der Waals surface area contributed by atoms with Gasteiger partial charge in [-0.1, -0.05) is 6.07 Å². The van der Waals surface area contributed by atoms with E-state index in [9.17, 15) is 28.5 Å². The lowest BCUT2D eigenvalue weighted by atomic mass is 10.1. The van der Waals surface area contributed by atoms with Gasteiger partial charge in [0.1, 0.15) is 5.82 Å². The second-order valence-corrected chi connectivity index (χ2v) is 6.27. The van der Waals surface area contributed by atoms with Crippen molar-refractivity contribution in [1.29, 1.82) is 0 Å². The number of halogens is 2. The maximum Gasteiger partial charge on any atom is 0.306 e. The molecule has 1 saturated heterocycles. The number of benzene rings is 2. The number of aryl methyl sites for hydroxylation is 1. The van der Waals surface area contributed by atoms with Crippen LogP contribution in [0.2, 0.25) is 0 Å². The number of nitro benzene ring substituents is 1. The second-order valence-electron chi connectivity index (χ2n) is 6.27. The Morgan fingerprint density at radius 1 is 1.22 bits per heavy atom. The van der Waals surface area contributed by atoms with Crippen LogP contribution < -0.4 is 10.2 Å². The van der Waals surface area contributed by atoms with E-state index in [0.29, 0.717) is 0 Å². The molecule has 1 aliphatic rings. The summed E-state index contributed by atoms with van der Waals surface area (Å²) in [5.41, 5.74) is 0.151. The van der Waals surface area contributed by atoms with E-state index in [0.717, 1.165) is 17.7 Å². The normalized spacial score (nSPS) is 16.5. The minimum Gasteiger partial charge on any atom is -0.323 e. The fourth-order valence-corrected chi connectivity index (χ4v) is 2.91. The van der Waals surface area contributed by atoms with Crippen molar-refractivity contribution in [1.82, 2.24) is 0 Å². The van der Waals surface area contributed by atoms with Crippen LogP contribution in [-0.4, -0.2) is 23.3 Å². The van der Waals surface area contributed by atoms with Crippen molar-refractivity contribution in [2.24, 2.45) is 5.92 Å². The average molecular weight is 375 g/mol. The Labute approximate surface area is 152 Å². The van der Waals surface area contributed by atoms with Gasteiger partial charge in [0.25, 0.3) is 0 Å². The van der Waals surface area contributed by atoms with Crippen molar-refractivity contribution < 1.29 is 23.3 Å². The van der Waals surface area contributed by atoms with Gasteiger partial charge in [0.05, 0.1) is 22.2 Å². The number of carbonyl (C=O) groups is 2. The van der Waals surface area contributed by atoms with E-state index in [1.165, 1.54) is 23.1 Å². The third-order valence-electron chi connectivity index (χ3n) is 4.31. The van der Waals surface area contributed by atoms with Crippen molar-refractivity contribution in [2.45, 2.75) is 13.3 Å². The van der Waals surface area contributed by atoms with Gasteiger partial charge < -0.3 is 10.2 Å². The highest BCUT2D eigenvalue weighted by molar-refractivity contribution is 6.03. The summed E-state index contributed by atoms with van der Waals surface area (Å²) in [7, 11) is 0. The molecule has 1 unspecified atom stereocenters. The molecule has 1 fully saturated rings. The van der Waals surface area contributed by atoms with Gasteiger partial charge in [-0.2, -0.15) is 4.39 Å². The molecule has 3 rings (SSSR count). The first-order valence-corrected chi connectivity index (χ1v) is 8.07. The number of amides is 2. The van der Waals surface area contributed by atoms with E-state index in [1.807, 2.05) is 0 Å². The SMILES string of the molecule is Cc1ccc(F)c(NC(=O)C2CC(=O)N(c3ccc(F)c([N+](=O)[O-])c3)C2)c1. The summed E-state index contributed by atoms with van der Waals surface area (Å²) >= 11 is 0. The van der Waals surface area contributed by atoms with E-state index >= 15 is 0 Å². The molecule has 0 aromatic heterocycles. The fourth-order valence-electron chi connectivity index (χ4n) is 2.91. The number of hydrogen-bond donors (Lipinski definition) is 1. The predicted molar refractivity (Wildman–Crippen MR) is 93.3 cm³/mol. The first-order valence-electron chi connectivity index (χ1n) is 8.07. The van der Waals surface area contributed by atoms with Crippen LogP contribution in [0.25, 0.3) is 0 Å². The molecule has 2 aromatic rings. The zero-order chi connectivity index (χ0) is 19.7. The van der Waals surface area contributed by atoms with Crippen LogP contribution in [0.1, 0.15) is 12.0 Å². The highest BCUT2D eigenvalue weighted by atomic mass is 19.1. The molecule has 1 atom stereocenters. The van der Waals surface area contributed by atoms with Gasteiger partial charge in [-0.05, 0) is 36.8 Å². The van der Waals surface area contributed by atoms with Gasteiger partial charge in [-0.25, -0.2) is 4.39 Å². The van der Waals surface area contributed by atoms with Crippen LogP contribution in [0.3, 0.4) is 0 Å². The minimum atomic E-state index is -1.01. The van der Waals surface area contributed by atoms with Gasteiger partial charge in [0.2, 0.25) is 17.6 Å². The molecule has 0 saturated carbocycles. The standard InChI is InChI=1S/C18H15F2N3O4/c1-10-2-4-13(19)15(6-10)21-18(25)11-7-17(24)22(9-11)12-3-5-14(20)16(8-12)23(26)27/h2-6,8,11H,7,9H2,1H3,(H,21,25). The van der Waals surface area contributed by atoms with E-state index < -0.39 is 40.0 Å². The summed E-state index contributed by atoms with van der Waals surface area (Å²) in [6.45, 7) is 1.71. The summed E-state index contributed by atoms with van der Waals surface area (Å²) in [5, 5.41) is 13.3. The van der Waals surface area contributed by atoms with Crippen molar-refractivity contribution in [3.05, 3.63) is 63.7 Å². The summed E-state index contributed by atoms with van der Waals surface area (Å²) in [5.74, 6) is -3.34. The highest BCUT2D eigenvalue weighted by Gasteiger charge is 2.36. The van der Waals surface area contributed by atoms with Crippen LogP contribution in [0, 0.1) is 34.6 Å². The monoisotopic (exact) mass is 375 g/mol. The molecular formula is C18H15F2N3O4. The van der Waals surface area contributed by atoms with Gasteiger partial charge in [0, 0.05) is 19.0 Å². The largest absolute Gasteiger partial charge is 0.323 e. The van der Waals surface area contributed by atoms with E-state index in [1.54, 1.807) is 13.0 Å². The summed E-state index contributed by atoms with van der Waals surface area (Å²) in [6, 6.07) is 7.36. The Morgan fingerprint density at radius 3 is 2.63 bits per heavy atom. The quantitative estimate of drug-likeness (QED) is 0.656. The minimum absolute atomic E-state index is 0.0170. The molecule has 9 heteroatoms. The lowest BCUT2D eigenvalue weighted by Gasteiger charge is -2.17. The topological polar surface area (TPSA) is 92.6 Å². The van der Waals surface area contributed by atoms with Crippen molar-refractivity contribution in [3.63, 3.8) is 0 Å². The van der Waals surface area contributed by atoms with Crippen LogP contribution in [0.4, 0.5) is 25.8 Å². The number of rotatable bonds is 4. The molecule has 0 spiro atoms. The third-order valence-corrected chi connectivity index (χ3v) is 4.31. The lowest BCUT2D eigenvalue weighted by molar-refractivity contribution is -0.387. The van der Waals surface area contributed by atoms with Crippen LogP contribution >= 0.6 is 0 Å². The molecule has 2 aromatic carbocycles. The number of nitrogens with one attached hydrogen (secondary N) is 1. The first kappa shape index (κ1) is 18.4. The van der Waals surface area contributed by atoms with Gasteiger partial charge in [-0.3, -0.25) is 19.7 Å². The van der Waals surface area contributed by atoms with Gasteiger partial charge >= 0.3 is 5.69 Å². The Kier molecular flexibility index (Phi) is 4.85. The molecule has 7 nitrogen and oxygen atoms in total. The van der Waals surface area contributed by atoms with Crippen LogP contribution in [0.15, 0.2) is 36.4 Å². The smallest absolute Gasteiger partial charge is 0.306 e. The number of anilines is 2. The Morgan fingerprint density at radius 2 is 1.93 bits per heavy atom. The average Bonchev–Trinajstić information content (AvgIpc) is 3.00. The first-order chi connectivity index (χ1) is 12.8. The van der Waals surface area contributed by atoms with E-state index in [-0.39, 0.29) is 24.3 Å². The highest BCUT2D eigenvalue weighted by Crippen LogP contribution is 2.30. The molecule has 1 N–H and O–H groups in total. The number of carbonyl (C=O) groups excluding carboxylic acids is 2. The number of nitrogens with zero attached hydrogens (tertiary/aromatic N) is 2. The molecular weight excluding hydrogens is 360 g/mol. The molecule has 140 valence electrons. The molecule has 1 aliphatic heterocycles. The maximum absolute atomic E-state index is 13.8. The van der Waals surface area contributed by atoms with Crippen LogP contribution in [-0.2, 0) is 9.59 Å². The Bertz CT molecular complexity index is 948. The Hall–Kier alpha value is -3.36. The second kappa shape index (κ2) is 7.10. The predicted octanol–water partition coefficient (Wildman–Crippen LogP) is 3.17. The van der Waals surface area contributed by atoms with Gasteiger partial charge in [0.15, 0.2) is 0 Å². The number of nitro groups is 1. The molecule has 0 aliphatic carbocycles. The fraction of sp³-hybridized carbons (Fsp3) is 0.222. The third kappa shape index (κ3) is 3.76. The molecule has 27 heavy (non-hydrogen) atoms. The van der Waals surface area contributed by atoms with Crippen molar-refractivity contribution in [3.8, 4) is 0 Å². The summed E-state index contributed by atoms with van der Waals surface area (Å²) in [6.07, 6.45) is -0.134. The molecule has 2 amide bonds. The zero-order valence-corrected chi connectivity index (χ0v) is 14.2. The summed E-state index contributed by atoms with van der Waals surface area (Å²) < 4.78 is 27.3. The van der Waals surface area contributed by atoms with E-state index in [2.05, 4.69) is 5.32 Å². The number of hydrogen-bond acceptors (Lipinski definition) is 4. The molecule has 1 heterocycles. The Balaban J connectivity index is 1.77. The maximum atomic E-state index is 13.8. The zero-order valence-electron chi connectivity index (χ0n) is 14.2. The lowest BCUT2D eigenvalue weighted by Crippen LogP contribution is -2.28. The van der Waals surface area contributed by atoms with Crippen molar-refractivity contribution >= 4 is 28.9 Å².